The molecule has 0 spiro atoms. The standard InChI is InChI=1S/C15H20N2O3/c1-15(2)8-9(15)14(18)17-11-7-13-12(6-10(11)16)19-4-3-5-20-13/h6-7,9H,3-5,8,16H2,1-2H3,(H,17,18). The molecule has 5 heteroatoms. The number of hydrogen-bond acceptors (Lipinski definition) is 4. The maximum absolute atomic E-state index is 12.1. The van der Waals surface area contributed by atoms with E-state index < -0.39 is 0 Å². The van der Waals surface area contributed by atoms with Crippen LogP contribution in [0.2, 0.25) is 0 Å². The number of nitrogen functional groups attached to an aromatic ring is 1. The third-order valence-corrected chi connectivity index (χ3v) is 4.01. The molecule has 1 amide bonds. The molecule has 0 bridgehead atoms. The van der Waals surface area contributed by atoms with Crippen LogP contribution in [0.1, 0.15) is 26.7 Å². The van der Waals surface area contributed by atoms with Crippen LogP contribution in [-0.2, 0) is 4.79 Å². The van der Waals surface area contributed by atoms with Gasteiger partial charge in [-0.2, -0.15) is 0 Å². The quantitative estimate of drug-likeness (QED) is 0.814. The van der Waals surface area contributed by atoms with Gasteiger partial charge in [-0.1, -0.05) is 13.8 Å². The zero-order valence-corrected chi connectivity index (χ0v) is 11.9. The Morgan fingerprint density at radius 2 is 1.90 bits per heavy atom. The third-order valence-electron chi connectivity index (χ3n) is 4.01. The van der Waals surface area contributed by atoms with Crippen molar-refractivity contribution in [2.75, 3.05) is 24.3 Å². The fourth-order valence-electron chi connectivity index (χ4n) is 2.47. The van der Waals surface area contributed by atoms with Crippen LogP contribution < -0.4 is 20.5 Å². The van der Waals surface area contributed by atoms with E-state index in [9.17, 15) is 4.79 Å². The van der Waals surface area contributed by atoms with Gasteiger partial charge in [0.1, 0.15) is 0 Å². The van der Waals surface area contributed by atoms with Crippen molar-refractivity contribution >= 4 is 17.3 Å². The summed E-state index contributed by atoms with van der Waals surface area (Å²) in [6.07, 6.45) is 1.76. The SMILES string of the molecule is CC1(C)CC1C(=O)Nc1cc2c(cc1N)OCCCO2. The second-order valence-corrected chi connectivity index (χ2v) is 6.17. The van der Waals surface area contributed by atoms with E-state index in [1.165, 1.54) is 0 Å². The van der Waals surface area contributed by atoms with Crippen LogP contribution in [-0.4, -0.2) is 19.1 Å². The van der Waals surface area contributed by atoms with Gasteiger partial charge in [0.25, 0.3) is 0 Å². The van der Waals surface area contributed by atoms with Gasteiger partial charge in [0, 0.05) is 24.5 Å². The van der Waals surface area contributed by atoms with Gasteiger partial charge >= 0.3 is 0 Å². The van der Waals surface area contributed by atoms with Crippen molar-refractivity contribution < 1.29 is 14.3 Å². The van der Waals surface area contributed by atoms with Crippen molar-refractivity contribution in [2.24, 2.45) is 11.3 Å². The lowest BCUT2D eigenvalue weighted by molar-refractivity contribution is -0.117. The minimum atomic E-state index is 0.0243. The number of fused-ring (bicyclic) bond motifs is 1. The summed E-state index contributed by atoms with van der Waals surface area (Å²) in [5.41, 5.74) is 7.18. The first-order chi connectivity index (χ1) is 9.47. The van der Waals surface area contributed by atoms with Crippen molar-refractivity contribution in [1.82, 2.24) is 0 Å². The average molecular weight is 276 g/mol. The molecule has 5 nitrogen and oxygen atoms in total. The average Bonchev–Trinajstić information content (AvgIpc) is 3.07. The number of benzene rings is 1. The highest BCUT2D eigenvalue weighted by Gasteiger charge is 2.50. The lowest BCUT2D eigenvalue weighted by Crippen LogP contribution is -2.17. The van der Waals surface area contributed by atoms with Crippen LogP contribution >= 0.6 is 0 Å². The van der Waals surface area contributed by atoms with Crippen LogP contribution in [0, 0.1) is 11.3 Å². The molecule has 1 aliphatic carbocycles. The molecule has 2 aliphatic rings. The highest BCUT2D eigenvalue weighted by atomic mass is 16.5. The molecule has 3 N–H and O–H groups in total. The Kier molecular flexibility index (Phi) is 3.00. The maximum atomic E-state index is 12.1. The number of rotatable bonds is 2. The van der Waals surface area contributed by atoms with Crippen molar-refractivity contribution in [3.05, 3.63) is 12.1 Å². The first kappa shape index (κ1) is 13.1. The summed E-state index contributed by atoms with van der Waals surface area (Å²) in [6, 6.07) is 3.47. The van der Waals surface area contributed by atoms with E-state index in [1.807, 2.05) is 0 Å². The highest BCUT2D eigenvalue weighted by Crippen LogP contribution is 2.52. The van der Waals surface area contributed by atoms with E-state index in [0.717, 1.165) is 12.8 Å². The van der Waals surface area contributed by atoms with Crippen molar-refractivity contribution in [2.45, 2.75) is 26.7 Å². The molecule has 20 heavy (non-hydrogen) atoms. The molecule has 1 atom stereocenters. The molecule has 1 unspecified atom stereocenters. The summed E-state index contributed by atoms with van der Waals surface area (Å²) >= 11 is 0. The molecule has 0 radical (unpaired) electrons. The van der Waals surface area contributed by atoms with Crippen molar-refractivity contribution in [3.8, 4) is 11.5 Å². The van der Waals surface area contributed by atoms with Crippen LogP contribution in [0.15, 0.2) is 12.1 Å². The summed E-state index contributed by atoms with van der Waals surface area (Å²) in [7, 11) is 0. The van der Waals surface area contributed by atoms with Gasteiger partial charge in [-0.25, -0.2) is 0 Å². The summed E-state index contributed by atoms with van der Waals surface area (Å²) < 4.78 is 11.2. The fourth-order valence-corrected chi connectivity index (χ4v) is 2.47. The van der Waals surface area contributed by atoms with Crippen molar-refractivity contribution in [1.29, 1.82) is 0 Å². The number of carbonyl (C=O) groups is 1. The summed E-state index contributed by atoms with van der Waals surface area (Å²) in [5, 5.41) is 2.90. The molecule has 0 aromatic heterocycles. The Morgan fingerprint density at radius 3 is 2.50 bits per heavy atom. The number of ether oxygens (including phenoxy) is 2. The van der Waals surface area contributed by atoms with E-state index in [2.05, 4.69) is 19.2 Å². The molecule has 1 aromatic rings. The molecule has 1 fully saturated rings. The highest BCUT2D eigenvalue weighted by molar-refractivity contribution is 5.98. The topological polar surface area (TPSA) is 73.6 Å². The number of anilines is 2. The van der Waals surface area contributed by atoms with E-state index >= 15 is 0 Å². The second kappa shape index (κ2) is 4.58. The van der Waals surface area contributed by atoms with Gasteiger partial charge in [-0.3, -0.25) is 4.79 Å². The van der Waals surface area contributed by atoms with Gasteiger partial charge in [0.2, 0.25) is 5.91 Å². The predicted octanol–water partition coefficient (Wildman–Crippen LogP) is 2.41. The summed E-state index contributed by atoms with van der Waals surface area (Å²) in [6.45, 7) is 5.41. The number of nitrogens with one attached hydrogen (secondary N) is 1. The zero-order chi connectivity index (χ0) is 14.3. The van der Waals surface area contributed by atoms with E-state index in [1.54, 1.807) is 12.1 Å². The van der Waals surface area contributed by atoms with Crippen LogP contribution in [0.4, 0.5) is 11.4 Å². The molecule has 0 saturated heterocycles. The number of amides is 1. The molecule has 1 heterocycles. The molecular weight excluding hydrogens is 256 g/mol. The van der Waals surface area contributed by atoms with Crippen LogP contribution in [0.25, 0.3) is 0 Å². The van der Waals surface area contributed by atoms with Crippen LogP contribution in [0.3, 0.4) is 0 Å². The van der Waals surface area contributed by atoms with Gasteiger partial charge in [0.05, 0.1) is 24.6 Å². The van der Waals surface area contributed by atoms with E-state index in [0.29, 0.717) is 36.1 Å². The second-order valence-electron chi connectivity index (χ2n) is 6.17. The number of nitrogens with two attached hydrogens (primary N) is 1. The monoisotopic (exact) mass is 276 g/mol. The molecule has 1 aromatic carbocycles. The number of carbonyl (C=O) groups excluding carboxylic acids is 1. The Labute approximate surface area is 118 Å². The first-order valence-corrected chi connectivity index (χ1v) is 6.97. The largest absolute Gasteiger partial charge is 0.489 e. The summed E-state index contributed by atoms with van der Waals surface area (Å²) in [5.74, 6) is 1.38. The zero-order valence-electron chi connectivity index (χ0n) is 11.9. The minimum absolute atomic E-state index is 0.0243. The van der Waals surface area contributed by atoms with Crippen molar-refractivity contribution in [3.63, 3.8) is 0 Å². The molecule has 1 aliphatic heterocycles. The van der Waals surface area contributed by atoms with Crippen LogP contribution in [0.5, 0.6) is 11.5 Å². The minimum Gasteiger partial charge on any atom is -0.489 e. The van der Waals surface area contributed by atoms with Gasteiger partial charge in [-0.05, 0) is 11.8 Å². The predicted molar refractivity (Wildman–Crippen MR) is 77.0 cm³/mol. The molecular formula is C15H20N2O3. The first-order valence-electron chi connectivity index (χ1n) is 6.97. The van der Waals surface area contributed by atoms with Gasteiger partial charge in [-0.15, -0.1) is 0 Å². The summed E-state index contributed by atoms with van der Waals surface area (Å²) in [4.78, 5) is 12.1. The lowest BCUT2D eigenvalue weighted by atomic mass is 10.1. The molecule has 1 saturated carbocycles. The van der Waals surface area contributed by atoms with Gasteiger partial charge < -0.3 is 20.5 Å². The Bertz CT molecular complexity index is 554. The Hall–Kier alpha value is -1.91. The fraction of sp³-hybridized carbons (Fsp3) is 0.533. The normalized spacial score (nSPS) is 22.8. The molecule has 3 rings (SSSR count). The lowest BCUT2D eigenvalue weighted by Gasteiger charge is -2.13. The smallest absolute Gasteiger partial charge is 0.228 e. The third kappa shape index (κ3) is 2.40. The maximum Gasteiger partial charge on any atom is 0.228 e. The Morgan fingerprint density at radius 1 is 1.30 bits per heavy atom. The Balaban J connectivity index is 1.80. The number of hydrogen-bond donors (Lipinski definition) is 2. The molecule has 108 valence electrons. The van der Waals surface area contributed by atoms with Gasteiger partial charge in [0.15, 0.2) is 11.5 Å². The van der Waals surface area contributed by atoms with E-state index in [-0.39, 0.29) is 17.2 Å². The van der Waals surface area contributed by atoms with E-state index in [4.69, 9.17) is 15.2 Å².